The Bertz CT molecular complexity index is 740. The van der Waals surface area contributed by atoms with Crippen LogP contribution >= 0.6 is 0 Å². The number of benzene rings is 2. The van der Waals surface area contributed by atoms with Crippen molar-refractivity contribution in [1.29, 1.82) is 0 Å². The third-order valence-electron chi connectivity index (χ3n) is 3.01. The second-order valence-electron chi connectivity index (χ2n) is 4.30. The number of nitrogens with two attached hydrogens (primary N) is 1. The lowest BCUT2D eigenvalue weighted by atomic mass is 10.1. The predicted octanol–water partition coefficient (Wildman–Crippen LogP) is 3.31. The zero-order valence-electron chi connectivity index (χ0n) is 10.5. The SMILES string of the molecule is Cc1c(N)ncnc1Oc1ccc2ccccc2c1. The van der Waals surface area contributed by atoms with Crippen molar-refractivity contribution in [2.24, 2.45) is 0 Å². The first-order valence-electron chi connectivity index (χ1n) is 5.98. The van der Waals surface area contributed by atoms with E-state index in [1.807, 2.05) is 43.3 Å². The van der Waals surface area contributed by atoms with E-state index in [1.165, 1.54) is 11.7 Å². The van der Waals surface area contributed by atoms with Crippen LogP contribution in [-0.4, -0.2) is 9.97 Å². The molecule has 2 N–H and O–H groups in total. The summed E-state index contributed by atoms with van der Waals surface area (Å²) in [6.45, 7) is 1.84. The van der Waals surface area contributed by atoms with Crippen molar-refractivity contribution in [2.45, 2.75) is 6.92 Å². The monoisotopic (exact) mass is 251 g/mol. The highest BCUT2D eigenvalue weighted by Gasteiger charge is 2.07. The first kappa shape index (κ1) is 11.5. The molecule has 3 aromatic rings. The summed E-state index contributed by atoms with van der Waals surface area (Å²) in [5.74, 6) is 1.66. The fourth-order valence-corrected chi connectivity index (χ4v) is 1.89. The molecule has 19 heavy (non-hydrogen) atoms. The molecule has 4 heteroatoms. The summed E-state index contributed by atoms with van der Waals surface area (Å²) < 4.78 is 5.77. The zero-order valence-corrected chi connectivity index (χ0v) is 10.5. The molecule has 0 amide bonds. The van der Waals surface area contributed by atoms with Crippen LogP contribution in [0.2, 0.25) is 0 Å². The van der Waals surface area contributed by atoms with E-state index in [-0.39, 0.29) is 0 Å². The Morgan fingerprint density at radius 2 is 1.79 bits per heavy atom. The molecule has 0 aliphatic rings. The van der Waals surface area contributed by atoms with Gasteiger partial charge in [0, 0.05) is 0 Å². The fraction of sp³-hybridized carbons (Fsp3) is 0.0667. The quantitative estimate of drug-likeness (QED) is 0.759. The van der Waals surface area contributed by atoms with Gasteiger partial charge in [-0.25, -0.2) is 9.97 Å². The summed E-state index contributed by atoms with van der Waals surface area (Å²) in [7, 11) is 0. The Labute approximate surface area is 110 Å². The van der Waals surface area contributed by atoms with Crippen molar-refractivity contribution in [2.75, 3.05) is 5.73 Å². The second-order valence-corrected chi connectivity index (χ2v) is 4.30. The summed E-state index contributed by atoms with van der Waals surface area (Å²) in [4.78, 5) is 8.02. The summed E-state index contributed by atoms with van der Waals surface area (Å²) in [5.41, 5.74) is 6.48. The standard InChI is InChI=1S/C15H13N3O/c1-10-14(16)17-9-18-15(10)19-13-7-6-11-4-2-3-5-12(11)8-13/h2-9H,1H3,(H2,16,17,18). The molecule has 4 nitrogen and oxygen atoms in total. The number of rotatable bonds is 2. The number of hydrogen-bond donors (Lipinski definition) is 1. The van der Waals surface area contributed by atoms with E-state index in [4.69, 9.17) is 10.5 Å². The van der Waals surface area contributed by atoms with E-state index in [9.17, 15) is 0 Å². The van der Waals surface area contributed by atoms with Gasteiger partial charge in [-0.05, 0) is 29.8 Å². The average molecular weight is 251 g/mol. The van der Waals surface area contributed by atoms with Gasteiger partial charge in [0.05, 0.1) is 5.56 Å². The molecule has 94 valence electrons. The number of hydrogen-bond acceptors (Lipinski definition) is 4. The molecule has 0 unspecified atom stereocenters. The van der Waals surface area contributed by atoms with Gasteiger partial charge in [0.1, 0.15) is 17.9 Å². The van der Waals surface area contributed by atoms with Crippen molar-refractivity contribution >= 4 is 16.6 Å². The largest absolute Gasteiger partial charge is 0.439 e. The van der Waals surface area contributed by atoms with Gasteiger partial charge in [-0.2, -0.15) is 0 Å². The van der Waals surface area contributed by atoms with Crippen LogP contribution in [0.1, 0.15) is 5.56 Å². The summed E-state index contributed by atoms with van der Waals surface area (Å²) in [6.07, 6.45) is 1.40. The first-order chi connectivity index (χ1) is 9.24. The number of nitrogens with zero attached hydrogens (tertiary/aromatic N) is 2. The Balaban J connectivity index is 1.99. The molecular formula is C15H13N3O. The lowest BCUT2D eigenvalue weighted by Crippen LogP contribution is -1.98. The number of fused-ring (bicyclic) bond motifs is 1. The van der Waals surface area contributed by atoms with Crippen LogP contribution in [0.4, 0.5) is 5.82 Å². The smallest absolute Gasteiger partial charge is 0.227 e. The van der Waals surface area contributed by atoms with E-state index < -0.39 is 0 Å². The van der Waals surface area contributed by atoms with Crippen LogP contribution in [0.5, 0.6) is 11.6 Å². The highest BCUT2D eigenvalue weighted by atomic mass is 16.5. The Hall–Kier alpha value is -2.62. The topological polar surface area (TPSA) is 61.0 Å². The van der Waals surface area contributed by atoms with E-state index >= 15 is 0 Å². The molecule has 0 spiro atoms. The third kappa shape index (κ3) is 2.20. The molecule has 0 fully saturated rings. The van der Waals surface area contributed by atoms with Crippen molar-refractivity contribution in [3.63, 3.8) is 0 Å². The van der Waals surface area contributed by atoms with Crippen LogP contribution in [0.3, 0.4) is 0 Å². The van der Waals surface area contributed by atoms with Crippen molar-refractivity contribution in [3.05, 3.63) is 54.4 Å². The molecule has 1 aromatic heterocycles. The van der Waals surface area contributed by atoms with E-state index in [0.717, 1.165) is 16.7 Å². The Kier molecular flexibility index (Phi) is 2.76. The maximum Gasteiger partial charge on any atom is 0.227 e. The van der Waals surface area contributed by atoms with Crippen LogP contribution in [0.25, 0.3) is 10.8 Å². The molecule has 0 saturated heterocycles. The summed E-state index contributed by atoms with van der Waals surface area (Å²) >= 11 is 0. The molecule has 0 aliphatic carbocycles. The normalized spacial score (nSPS) is 10.6. The van der Waals surface area contributed by atoms with Crippen molar-refractivity contribution in [3.8, 4) is 11.6 Å². The van der Waals surface area contributed by atoms with Crippen LogP contribution < -0.4 is 10.5 Å². The lowest BCUT2D eigenvalue weighted by molar-refractivity contribution is 0.458. The van der Waals surface area contributed by atoms with Gasteiger partial charge in [0.25, 0.3) is 0 Å². The van der Waals surface area contributed by atoms with Gasteiger partial charge in [-0.1, -0.05) is 30.3 Å². The average Bonchev–Trinajstić information content (AvgIpc) is 2.44. The summed E-state index contributed by atoms with van der Waals surface area (Å²) in [6, 6.07) is 14.0. The van der Waals surface area contributed by atoms with Crippen LogP contribution in [0, 0.1) is 6.92 Å². The molecule has 3 rings (SSSR count). The molecular weight excluding hydrogens is 238 g/mol. The first-order valence-corrected chi connectivity index (χ1v) is 5.98. The number of ether oxygens (including phenoxy) is 1. The molecule has 0 radical (unpaired) electrons. The van der Waals surface area contributed by atoms with Crippen molar-refractivity contribution in [1.82, 2.24) is 9.97 Å². The minimum Gasteiger partial charge on any atom is -0.439 e. The van der Waals surface area contributed by atoms with Gasteiger partial charge >= 0.3 is 0 Å². The Morgan fingerprint density at radius 3 is 2.63 bits per heavy atom. The highest BCUT2D eigenvalue weighted by Crippen LogP contribution is 2.27. The maximum atomic E-state index is 5.77. The minimum absolute atomic E-state index is 0.436. The van der Waals surface area contributed by atoms with E-state index in [0.29, 0.717) is 11.7 Å². The molecule has 2 aromatic carbocycles. The van der Waals surface area contributed by atoms with E-state index in [2.05, 4.69) is 16.0 Å². The molecule has 0 aliphatic heterocycles. The number of anilines is 1. The third-order valence-corrected chi connectivity index (χ3v) is 3.01. The van der Waals surface area contributed by atoms with E-state index in [1.54, 1.807) is 0 Å². The summed E-state index contributed by atoms with van der Waals surface area (Å²) in [5, 5.41) is 2.30. The van der Waals surface area contributed by atoms with Gasteiger partial charge in [0.15, 0.2) is 0 Å². The van der Waals surface area contributed by atoms with Crippen LogP contribution in [0.15, 0.2) is 48.8 Å². The molecule has 0 saturated carbocycles. The molecule has 0 atom stereocenters. The van der Waals surface area contributed by atoms with Crippen LogP contribution in [-0.2, 0) is 0 Å². The molecule has 1 heterocycles. The van der Waals surface area contributed by atoms with Crippen molar-refractivity contribution < 1.29 is 4.74 Å². The highest BCUT2D eigenvalue weighted by molar-refractivity contribution is 5.83. The molecule has 0 bridgehead atoms. The van der Waals surface area contributed by atoms with Gasteiger partial charge in [-0.15, -0.1) is 0 Å². The zero-order chi connectivity index (χ0) is 13.2. The minimum atomic E-state index is 0.436. The number of nitrogen functional groups attached to an aromatic ring is 1. The second kappa shape index (κ2) is 4.57. The number of aromatic nitrogens is 2. The van der Waals surface area contributed by atoms with Gasteiger partial charge < -0.3 is 10.5 Å². The predicted molar refractivity (Wildman–Crippen MR) is 75.2 cm³/mol. The maximum absolute atomic E-state index is 5.77. The van der Waals surface area contributed by atoms with Gasteiger partial charge in [0.2, 0.25) is 5.88 Å². The lowest BCUT2D eigenvalue weighted by Gasteiger charge is -2.09. The Morgan fingerprint density at radius 1 is 1.00 bits per heavy atom. The van der Waals surface area contributed by atoms with Gasteiger partial charge in [-0.3, -0.25) is 0 Å². The fourth-order valence-electron chi connectivity index (χ4n) is 1.89.